The van der Waals surface area contributed by atoms with Crippen LogP contribution >= 0.6 is 0 Å². The summed E-state index contributed by atoms with van der Waals surface area (Å²) in [5.74, 6) is -0.620. The zero-order chi connectivity index (χ0) is 13.9. The van der Waals surface area contributed by atoms with Crippen LogP contribution < -0.4 is 5.73 Å². The molecule has 0 bridgehead atoms. The number of amides is 2. The highest BCUT2D eigenvalue weighted by Gasteiger charge is 2.33. The number of primary amides is 1. The molecule has 1 aliphatic rings. The molecular weight excluding hydrogens is 230 g/mol. The Morgan fingerprint density at radius 1 is 1.39 bits per heavy atom. The lowest BCUT2D eigenvalue weighted by Crippen LogP contribution is -2.43. The molecule has 0 spiro atoms. The normalized spacial score (nSPS) is 20.5. The molecular formula is C13H25N3O2. The van der Waals surface area contributed by atoms with E-state index >= 15 is 0 Å². The highest BCUT2D eigenvalue weighted by Crippen LogP contribution is 2.17. The summed E-state index contributed by atoms with van der Waals surface area (Å²) in [6, 6.07) is 0.907. The van der Waals surface area contributed by atoms with E-state index in [1.807, 2.05) is 0 Å². The van der Waals surface area contributed by atoms with Gasteiger partial charge in [0.2, 0.25) is 11.8 Å². The molecule has 0 aromatic carbocycles. The first-order chi connectivity index (χ1) is 8.32. The van der Waals surface area contributed by atoms with Crippen LogP contribution in [0.4, 0.5) is 0 Å². The van der Waals surface area contributed by atoms with Gasteiger partial charge in [0.15, 0.2) is 0 Å². The molecule has 1 aliphatic heterocycles. The van der Waals surface area contributed by atoms with Crippen molar-refractivity contribution in [3.05, 3.63) is 0 Å². The Morgan fingerprint density at radius 2 is 1.94 bits per heavy atom. The summed E-state index contributed by atoms with van der Waals surface area (Å²) in [6.45, 7) is 10.6. The van der Waals surface area contributed by atoms with Crippen LogP contribution in [0.1, 0.15) is 34.1 Å². The number of carbonyl (C=O) groups excluding carboxylic acids is 2. The molecule has 1 fully saturated rings. The Kier molecular flexibility index (Phi) is 5.14. The molecule has 1 atom stereocenters. The van der Waals surface area contributed by atoms with Gasteiger partial charge >= 0.3 is 0 Å². The van der Waals surface area contributed by atoms with Gasteiger partial charge in [-0.3, -0.25) is 14.5 Å². The molecule has 2 N–H and O–H groups in total. The molecule has 5 heteroatoms. The zero-order valence-corrected chi connectivity index (χ0v) is 11.8. The summed E-state index contributed by atoms with van der Waals surface area (Å²) in [5, 5.41) is 0. The average Bonchev–Trinajstić information content (AvgIpc) is 2.59. The number of carbonyl (C=O) groups is 2. The van der Waals surface area contributed by atoms with Crippen molar-refractivity contribution in [2.24, 2.45) is 11.7 Å². The number of likely N-dealkylation sites (tertiary alicyclic amines) is 1. The van der Waals surface area contributed by atoms with Gasteiger partial charge in [0.05, 0.1) is 5.92 Å². The lowest BCUT2D eigenvalue weighted by Gasteiger charge is -2.32. The summed E-state index contributed by atoms with van der Waals surface area (Å²) < 4.78 is 0. The van der Waals surface area contributed by atoms with Crippen LogP contribution in [0.5, 0.6) is 0 Å². The molecule has 1 heterocycles. The third kappa shape index (κ3) is 3.70. The van der Waals surface area contributed by atoms with Gasteiger partial charge in [-0.15, -0.1) is 0 Å². The van der Waals surface area contributed by atoms with E-state index in [0.29, 0.717) is 25.2 Å². The fourth-order valence-corrected chi connectivity index (χ4v) is 2.53. The van der Waals surface area contributed by atoms with Crippen molar-refractivity contribution in [3.63, 3.8) is 0 Å². The minimum absolute atomic E-state index is 0.0475. The van der Waals surface area contributed by atoms with Crippen molar-refractivity contribution in [3.8, 4) is 0 Å². The first kappa shape index (κ1) is 15.0. The molecule has 2 amide bonds. The molecule has 5 nitrogen and oxygen atoms in total. The summed E-state index contributed by atoms with van der Waals surface area (Å²) in [4.78, 5) is 26.9. The smallest absolute Gasteiger partial charge is 0.223 e. The first-order valence-corrected chi connectivity index (χ1v) is 6.65. The maximum atomic E-state index is 11.7. The lowest BCUT2D eigenvalue weighted by atomic mass is 10.1. The molecule has 0 radical (unpaired) electrons. The van der Waals surface area contributed by atoms with Gasteiger partial charge in [-0.1, -0.05) is 0 Å². The molecule has 0 aromatic heterocycles. The van der Waals surface area contributed by atoms with Gasteiger partial charge in [0.25, 0.3) is 0 Å². The molecule has 1 saturated heterocycles. The van der Waals surface area contributed by atoms with Gasteiger partial charge in [-0.05, 0) is 27.7 Å². The van der Waals surface area contributed by atoms with Crippen LogP contribution in [-0.2, 0) is 9.59 Å². The number of nitrogens with zero attached hydrogens (tertiary/aromatic N) is 2. The molecule has 0 aliphatic carbocycles. The summed E-state index contributed by atoms with van der Waals surface area (Å²) in [7, 11) is 0. The van der Waals surface area contributed by atoms with E-state index in [2.05, 4.69) is 32.6 Å². The van der Waals surface area contributed by atoms with Crippen molar-refractivity contribution in [1.82, 2.24) is 9.80 Å². The van der Waals surface area contributed by atoms with Crippen LogP contribution in [0, 0.1) is 5.92 Å². The Balaban J connectivity index is 2.48. The van der Waals surface area contributed by atoms with E-state index in [-0.39, 0.29) is 24.2 Å². The van der Waals surface area contributed by atoms with Crippen molar-refractivity contribution >= 4 is 11.8 Å². The number of rotatable bonds is 6. The third-order valence-corrected chi connectivity index (χ3v) is 3.57. The van der Waals surface area contributed by atoms with Crippen molar-refractivity contribution in [2.45, 2.75) is 46.2 Å². The van der Waals surface area contributed by atoms with Gasteiger partial charge in [0, 0.05) is 38.1 Å². The Bertz CT molecular complexity index is 307. The average molecular weight is 255 g/mol. The fraction of sp³-hybridized carbons (Fsp3) is 0.846. The quantitative estimate of drug-likeness (QED) is 0.749. The van der Waals surface area contributed by atoms with Crippen LogP contribution in [0.25, 0.3) is 0 Å². The SMILES string of the molecule is CC(C)N(CCN1CC(C(N)=O)CC1=O)C(C)C. The van der Waals surface area contributed by atoms with Crippen LogP contribution in [0.2, 0.25) is 0 Å². The van der Waals surface area contributed by atoms with E-state index in [1.165, 1.54) is 0 Å². The number of hydrogen-bond acceptors (Lipinski definition) is 3. The monoisotopic (exact) mass is 255 g/mol. The van der Waals surface area contributed by atoms with Crippen LogP contribution in [-0.4, -0.2) is 53.3 Å². The molecule has 1 unspecified atom stereocenters. The van der Waals surface area contributed by atoms with E-state index in [4.69, 9.17) is 5.73 Å². The maximum absolute atomic E-state index is 11.7. The van der Waals surface area contributed by atoms with E-state index in [9.17, 15) is 9.59 Å². The lowest BCUT2D eigenvalue weighted by molar-refractivity contribution is -0.128. The molecule has 1 rings (SSSR count). The summed E-state index contributed by atoms with van der Waals surface area (Å²) in [6.07, 6.45) is 0.276. The second-order valence-corrected chi connectivity index (χ2v) is 5.57. The first-order valence-electron chi connectivity index (χ1n) is 6.65. The van der Waals surface area contributed by atoms with E-state index in [0.717, 1.165) is 6.54 Å². The summed E-state index contributed by atoms with van der Waals surface area (Å²) in [5.41, 5.74) is 5.25. The minimum atomic E-state index is -0.365. The van der Waals surface area contributed by atoms with Crippen molar-refractivity contribution < 1.29 is 9.59 Å². The predicted molar refractivity (Wildman–Crippen MR) is 70.9 cm³/mol. The molecule has 18 heavy (non-hydrogen) atoms. The highest BCUT2D eigenvalue weighted by atomic mass is 16.2. The largest absolute Gasteiger partial charge is 0.369 e. The fourth-order valence-electron chi connectivity index (χ4n) is 2.53. The van der Waals surface area contributed by atoms with E-state index in [1.54, 1.807) is 4.90 Å². The third-order valence-electron chi connectivity index (χ3n) is 3.57. The molecule has 104 valence electrons. The molecule has 0 aromatic rings. The zero-order valence-electron chi connectivity index (χ0n) is 11.8. The maximum Gasteiger partial charge on any atom is 0.223 e. The number of hydrogen-bond donors (Lipinski definition) is 1. The highest BCUT2D eigenvalue weighted by molar-refractivity contribution is 5.88. The Labute approximate surface area is 109 Å². The molecule has 0 saturated carbocycles. The van der Waals surface area contributed by atoms with Gasteiger partial charge < -0.3 is 10.6 Å². The summed E-state index contributed by atoms with van der Waals surface area (Å²) >= 11 is 0. The second-order valence-electron chi connectivity index (χ2n) is 5.57. The van der Waals surface area contributed by atoms with Crippen molar-refractivity contribution in [1.29, 1.82) is 0 Å². The van der Waals surface area contributed by atoms with E-state index < -0.39 is 0 Å². The van der Waals surface area contributed by atoms with Crippen LogP contribution in [0.15, 0.2) is 0 Å². The van der Waals surface area contributed by atoms with Crippen LogP contribution in [0.3, 0.4) is 0 Å². The Morgan fingerprint density at radius 3 is 2.33 bits per heavy atom. The standard InChI is InChI=1S/C13H25N3O2/c1-9(2)16(10(3)4)6-5-15-8-11(13(14)18)7-12(15)17/h9-11H,5-8H2,1-4H3,(H2,14,18). The second kappa shape index (κ2) is 6.18. The topological polar surface area (TPSA) is 66.6 Å². The minimum Gasteiger partial charge on any atom is -0.369 e. The van der Waals surface area contributed by atoms with Gasteiger partial charge in [-0.2, -0.15) is 0 Å². The van der Waals surface area contributed by atoms with Gasteiger partial charge in [0.1, 0.15) is 0 Å². The predicted octanol–water partition coefficient (Wildman–Crippen LogP) is 0.439. The van der Waals surface area contributed by atoms with Gasteiger partial charge in [-0.25, -0.2) is 0 Å². The van der Waals surface area contributed by atoms with Crippen molar-refractivity contribution in [2.75, 3.05) is 19.6 Å². The number of nitrogens with two attached hydrogens (primary N) is 1. The Hall–Kier alpha value is -1.10.